The zero-order valence-electron chi connectivity index (χ0n) is 16.0. The highest BCUT2D eigenvalue weighted by molar-refractivity contribution is 6.02. The highest BCUT2D eigenvalue weighted by atomic mass is 16.5. The molecular weight excluding hydrogens is 354 g/mol. The summed E-state index contributed by atoms with van der Waals surface area (Å²) in [5.74, 6) is 0.665. The minimum atomic E-state index is -0.0802. The van der Waals surface area contributed by atoms with Crippen molar-refractivity contribution in [2.75, 3.05) is 37.0 Å². The molecule has 1 amide bonds. The predicted molar refractivity (Wildman–Crippen MR) is 109 cm³/mol. The Balaban J connectivity index is 1.48. The second-order valence-corrected chi connectivity index (χ2v) is 7.06. The van der Waals surface area contributed by atoms with Crippen LogP contribution in [0.1, 0.15) is 12.8 Å². The molecule has 1 unspecified atom stereocenters. The smallest absolute Gasteiger partial charge is 0.229 e. The van der Waals surface area contributed by atoms with E-state index in [9.17, 15) is 4.79 Å². The lowest BCUT2D eigenvalue weighted by atomic mass is 9.97. The SMILES string of the molecule is COCCn1ccc2c(NC(=O)C3CCCN(c4ncccn4)C3)cccc21. The number of carbonyl (C=O) groups is 1. The molecular formula is C21H25N5O2. The van der Waals surface area contributed by atoms with E-state index in [0.29, 0.717) is 19.1 Å². The maximum absolute atomic E-state index is 13.0. The molecule has 4 rings (SSSR count). The molecule has 1 aliphatic rings. The van der Waals surface area contributed by atoms with Crippen LogP contribution in [-0.2, 0) is 16.1 Å². The number of piperidine rings is 1. The largest absolute Gasteiger partial charge is 0.383 e. The number of hydrogen-bond donors (Lipinski definition) is 1. The molecule has 0 aliphatic carbocycles. The minimum absolute atomic E-state index is 0.0535. The summed E-state index contributed by atoms with van der Waals surface area (Å²) in [6, 6.07) is 9.85. The Labute approximate surface area is 164 Å². The first kappa shape index (κ1) is 18.4. The van der Waals surface area contributed by atoms with Crippen LogP contribution in [0.4, 0.5) is 11.6 Å². The molecule has 7 heteroatoms. The molecule has 0 spiro atoms. The second-order valence-electron chi connectivity index (χ2n) is 7.06. The van der Waals surface area contributed by atoms with E-state index in [0.717, 1.165) is 42.5 Å². The molecule has 3 heterocycles. The highest BCUT2D eigenvalue weighted by Crippen LogP contribution is 2.27. The fourth-order valence-electron chi connectivity index (χ4n) is 3.78. The molecule has 3 aromatic rings. The van der Waals surface area contributed by atoms with E-state index in [-0.39, 0.29) is 11.8 Å². The van der Waals surface area contributed by atoms with Gasteiger partial charge in [0.25, 0.3) is 0 Å². The van der Waals surface area contributed by atoms with Crippen molar-refractivity contribution in [2.45, 2.75) is 19.4 Å². The molecule has 1 saturated heterocycles. The van der Waals surface area contributed by atoms with Gasteiger partial charge in [-0.25, -0.2) is 9.97 Å². The number of rotatable bonds is 6. The van der Waals surface area contributed by atoms with Crippen molar-refractivity contribution in [1.29, 1.82) is 0 Å². The lowest BCUT2D eigenvalue weighted by Gasteiger charge is -2.31. The van der Waals surface area contributed by atoms with Crippen LogP contribution in [0.2, 0.25) is 0 Å². The molecule has 0 radical (unpaired) electrons. The summed E-state index contributed by atoms with van der Waals surface area (Å²) in [5, 5.41) is 4.19. The molecule has 1 fully saturated rings. The van der Waals surface area contributed by atoms with E-state index in [1.54, 1.807) is 25.6 Å². The van der Waals surface area contributed by atoms with E-state index in [2.05, 4.69) is 30.8 Å². The lowest BCUT2D eigenvalue weighted by Crippen LogP contribution is -2.41. The molecule has 2 aromatic heterocycles. The summed E-state index contributed by atoms with van der Waals surface area (Å²) in [5.41, 5.74) is 1.95. The second kappa shape index (κ2) is 8.39. The molecule has 0 bridgehead atoms. The van der Waals surface area contributed by atoms with Crippen molar-refractivity contribution >= 4 is 28.4 Å². The van der Waals surface area contributed by atoms with E-state index in [1.807, 2.05) is 24.4 Å². The van der Waals surface area contributed by atoms with Crippen LogP contribution in [0.3, 0.4) is 0 Å². The lowest BCUT2D eigenvalue weighted by molar-refractivity contribution is -0.120. The number of ether oxygens (including phenoxy) is 1. The molecule has 28 heavy (non-hydrogen) atoms. The van der Waals surface area contributed by atoms with Gasteiger partial charge in [-0.2, -0.15) is 0 Å². The van der Waals surface area contributed by atoms with Crippen molar-refractivity contribution in [3.63, 3.8) is 0 Å². The van der Waals surface area contributed by atoms with Crippen molar-refractivity contribution in [1.82, 2.24) is 14.5 Å². The van der Waals surface area contributed by atoms with Gasteiger partial charge in [0.15, 0.2) is 0 Å². The van der Waals surface area contributed by atoms with Gasteiger partial charge < -0.3 is 19.5 Å². The molecule has 0 saturated carbocycles. The summed E-state index contributed by atoms with van der Waals surface area (Å²) >= 11 is 0. The zero-order valence-corrected chi connectivity index (χ0v) is 16.0. The maximum atomic E-state index is 13.0. The number of methoxy groups -OCH3 is 1. The average Bonchev–Trinajstić information content (AvgIpc) is 3.17. The first-order chi connectivity index (χ1) is 13.8. The van der Waals surface area contributed by atoms with E-state index in [4.69, 9.17) is 4.74 Å². The molecule has 1 aliphatic heterocycles. The summed E-state index contributed by atoms with van der Waals surface area (Å²) < 4.78 is 7.32. The normalized spacial score (nSPS) is 17.0. The molecule has 1 aromatic carbocycles. The Hall–Kier alpha value is -2.93. The van der Waals surface area contributed by atoms with Gasteiger partial charge in [-0.15, -0.1) is 0 Å². The van der Waals surface area contributed by atoms with Gasteiger partial charge >= 0.3 is 0 Å². The number of amides is 1. The van der Waals surface area contributed by atoms with E-state index >= 15 is 0 Å². The number of anilines is 2. The fraction of sp³-hybridized carbons (Fsp3) is 0.381. The molecule has 1 atom stereocenters. The predicted octanol–water partition coefficient (Wildman–Crippen LogP) is 2.93. The quantitative estimate of drug-likeness (QED) is 0.713. The summed E-state index contributed by atoms with van der Waals surface area (Å²) in [4.78, 5) is 23.7. The highest BCUT2D eigenvalue weighted by Gasteiger charge is 2.27. The van der Waals surface area contributed by atoms with Gasteiger partial charge in [0.2, 0.25) is 11.9 Å². The number of aromatic nitrogens is 3. The third-order valence-corrected chi connectivity index (χ3v) is 5.24. The van der Waals surface area contributed by atoms with Crippen LogP contribution in [0, 0.1) is 5.92 Å². The first-order valence-corrected chi connectivity index (χ1v) is 9.66. The van der Waals surface area contributed by atoms with Crippen LogP contribution in [0.25, 0.3) is 10.9 Å². The number of nitrogens with one attached hydrogen (secondary N) is 1. The van der Waals surface area contributed by atoms with Crippen molar-refractivity contribution in [3.05, 3.63) is 48.9 Å². The summed E-state index contributed by atoms with van der Waals surface area (Å²) in [6.45, 7) is 2.96. The fourth-order valence-corrected chi connectivity index (χ4v) is 3.78. The third-order valence-electron chi connectivity index (χ3n) is 5.24. The van der Waals surface area contributed by atoms with Gasteiger partial charge in [-0.1, -0.05) is 6.07 Å². The molecule has 1 N–H and O–H groups in total. The Morgan fingerprint density at radius 3 is 2.93 bits per heavy atom. The van der Waals surface area contributed by atoms with Gasteiger partial charge in [-0.3, -0.25) is 4.79 Å². The molecule has 7 nitrogen and oxygen atoms in total. The van der Waals surface area contributed by atoms with Gasteiger partial charge in [0.1, 0.15) is 0 Å². The van der Waals surface area contributed by atoms with E-state index < -0.39 is 0 Å². The standard InChI is InChI=1S/C21H25N5O2/c1-28-14-13-25-12-8-17-18(6-2-7-19(17)25)24-20(27)16-5-3-11-26(15-16)21-22-9-4-10-23-21/h2,4,6-10,12,16H,3,5,11,13-15H2,1H3,(H,24,27). The number of fused-ring (bicyclic) bond motifs is 1. The Morgan fingerprint density at radius 2 is 2.11 bits per heavy atom. The van der Waals surface area contributed by atoms with Gasteiger partial charge in [0.05, 0.1) is 23.7 Å². The number of nitrogens with zero attached hydrogens (tertiary/aromatic N) is 4. The van der Waals surface area contributed by atoms with Crippen LogP contribution in [0.5, 0.6) is 0 Å². The van der Waals surface area contributed by atoms with E-state index in [1.165, 1.54) is 0 Å². The van der Waals surface area contributed by atoms with Crippen LogP contribution >= 0.6 is 0 Å². The minimum Gasteiger partial charge on any atom is -0.383 e. The Kier molecular flexibility index (Phi) is 5.53. The summed E-state index contributed by atoms with van der Waals surface area (Å²) in [7, 11) is 1.70. The Bertz CT molecular complexity index is 940. The van der Waals surface area contributed by atoms with Gasteiger partial charge in [0, 0.05) is 50.7 Å². The topological polar surface area (TPSA) is 72.3 Å². The molecule has 146 valence electrons. The first-order valence-electron chi connectivity index (χ1n) is 9.66. The number of hydrogen-bond acceptors (Lipinski definition) is 5. The van der Waals surface area contributed by atoms with Crippen molar-refractivity contribution < 1.29 is 9.53 Å². The van der Waals surface area contributed by atoms with Crippen LogP contribution < -0.4 is 10.2 Å². The number of benzene rings is 1. The van der Waals surface area contributed by atoms with Crippen molar-refractivity contribution in [2.24, 2.45) is 5.92 Å². The Morgan fingerprint density at radius 1 is 1.25 bits per heavy atom. The average molecular weight is 379 g/mol. The number of carbonyl (C=O) groups excluding carboxylic acids is 1. The monoisotopic (exact) mass is 379 g/mol. The van der Waals surface area contributed by atoms with Crippen molar-refractivity contribution in [3.8, 4) is 0 Å². The van der Waals surface area contributed by atoms with Crippen LogP contribution in [0.15, 0.2) is 48.9 Å². The van der Waals surface area contributed by atoms with Crippen LogP contribution in [-0.4, -0.2) is 47.2 Å². The van der Waals surface area contributed by atoms with Gasteiger partial charge in [-0.05, 0) is 37.1 Å². The maximum Gasteiger partial charge on any atom is 0.229 e. The summed E-state index contributed by atoms with van der Waals surface area (Å²) in [6.07, 6.45) is 7.34. The zero-order chi connectivity index (χ0) is 19.3. The third kappa shape index (κ3) is 3.84.